The number of benzene rings is 1. The van der Waals surface area contributed by atoms with Crippen LogP contribution in [0.5, 0.6) is 0 Å². The highest BCUT2D eigenvalue weighted by Crippen LogP contribution is 2.20. The molecule has 0 amide bonds. The summed E-state index contributed by atoms with van der Waals surface area (Å²) in [5, 5.41) is 0.864. The molecule has 0 radical (unpaired) electrons. The maximum atomic E-state index is 5.89. The van der Waals surface area contributed by atoms with E-state index in [2.05, 4.69) is 13.8 Å². The Labute approximate surface area is 73.0 Å². The first-order valence-electron chi connectivity index (χ1n) is 3.35. The summed E-state index contributed by atoms with van der Waals surface area (Å²) in [5.74, 6) is 0. The van der Waals surface area contributed by atoms with Gasteiger partial charge in [-0.05, 0) is 43.5 Å². The minimum Gasteiger partial charge on any atom is -0.369 e. The van der Waals surface area contributed by atoms with Gasteiger partial charge >= 0.3 is 0 Å². The second-order valence-corrected chi connectivity index (χ2v) is 3.02. The van der Waals surface area contributed by atoms with E-state index in [0.29, 0.717) is 0 Å². The van der Waals surface area contributed by atoms with Gasteiger partial charge in [-0.15, -0.1) is 0 Å². The van der Waals surface area contributed by atoms with E-state index < -0.39 is 0 Å². The van der Waals surface area contributed by atoms with E-state index >= 15 is 0 Å². The Kier molecular flexibility index (Phi) is 3.56. The monoisotopic (exact) mass is 172 g/mol. The van der Waals surface area contributed by atoms with E-state index in [1.165, 1.54) is 16.7 Å². The van der Waals surface area contributed by atoms with Gasteiger partial charge in [-0.3, -0.25) is 0 Å². The van der Waals surface area contributed by atoms with Crippen LogP contribution in [0.2, 0.25) is 5.02 Å². The van der Waals surface area contributed by atoms with Gasteiger partial charge in [0.2, 0.25) is 0 Å². The second-order valence-electron chi connectivity index (χ2n) is 2.61. The van der Waals surface area contributed by atoms with Gasteiger partial charge in [-0.1, -0.05) is 17.7 Å². The second kappa shape index (κ2) is 3.74. The van der Waals surface area contributed by atoms with Gasteiger partial charge in [-0.2, -0.15) is 0 Å². The third-order valence-corrected chi connectivity index (χ3v) is 2.40. The highest BCUT2D eigenvalue weighted by atomic mass is 35.5. The van der Waals surface area contributed by atoms with Crippen molar-refractivity contribution in [1.82, 2.24) is 6.15 Å². The number of rotatable bonds is 0. The molecule has 0 saturated carbocycles. The molecule has 0 aromatic heterocycles. The first-order chi connectivity index (χ1) is 4.63. The van der Waals surface area contributed by atoms with Crippen LogP contribution >= 0.6 is 11.6 Å². The summed E-state index contributed by atoms with van der Waals surface area (Å²) in [6.45, 7) is 6.24. The minimum absolute atomic E-state index is 0. The van der Waals surface area contributed by atoms with Crippen molar-refractivity contribution < 1.29 is 0 Å². The molecule has 2 heteroatoms. The number of quaternary nitrogens is 1. The van der Waals surface area contributed by atoms with Gasteiger partial charge in [-0.25, -0.2) is 0 Å². The lowest BCUT2D eigenvalue weighted by Gasteiger charge is -2.04. The maximum absolute atomic E-state index is 5.89. The van der Waals surface area contributed by atoms with Crippen LogP contribution in [0.15, 0.2) is 12.1 Å². The van der Waals surface area contributed by atoms with Gasteiger partial charge in [0.25, 0.3) is 0 Å². The molecule has 0 fully saturated rings. The van der Waals surface area contributed by atoms with Crippen molar-refractivity contribution in [2.24, 2.45) is 0 Å². The summed E-state index contributed by atoms with van der Waals surface area (Å²) in [6.07, 6.45) is 0. The molecule has 0 aliphatic heterocycles. The molecule has 0 aliphatic carbocycles. The number of aryl methyl sites for hydroxylation is 1. The molecule has 0 unspecified atom stereocenters. The lowest BCUT2D eigenvalue weighted by atomic mass is 10.1. The van der Waals surface area contributed by atoms with Crippen LogP contribution in [0, 0.1) is 20.8 Å². The van der Waals surface area contributed by atoms with Crippen molar-refractivity contribution in [1.29, 1.82) is 0 Å². The van der Waals surface area contributed by atoms with Crippen LogP contribution in [0.4, 0.5) is 0 Å². The van der Waals surface area contributed by atoms with Gasteiger partial charge in [0, 0.05) is 5.02 Å². The van der Waals surface area contributed by atoms with E-state index in [-0.39, 0.29) is 6.15 Å². The number of hydrogen-bond donors (Lipinski definition) is 1. The van der Waals surface area contributed by atoms with Crippen LogP contribution < -0.4 is 6.15 Å². The Morgan fingerprint density at radius 1 is 1.00 bits per heavy atom. The first kappa shape index (κ1) is 10.5. The SMILES string of the molecule is Cc1ccc(Cl)c(C)c1C.[NH4+]. The average Bonchev–Trinajstić information content (AvgIpc) is 1.93. The van der Waals surface area contributed by atoms with Crippen molar-refractivity contribution in [2.75, 3.05) is 0 Å². The molecule has 1 nitrogen and oxygen atoms in total. The Morgan fingerprint density at radius 2 is 1.55 bits per heavy atom. The zero-order chi connectivity index (χ0) is 7.72. The molecule has 62 valence electrons. The minimum atomic E-state index is 0. The van der Waals surface area contributed by atoms with Gasteiger partial charge in [0.1, 0.15) is 0 Å². The molecule has 0 spiro atoms. The zero-order valence-electron chi connectivity index (χ0n) is 7.53. The lowest BCUT2D eigenvalue weighted by molar-refractivity contribution is 1.27. The van der Waals surface area contributed by atoms with Crippen LogP contribution in [0.1, 0.15) is 16.7 Å². The van der Waals surface area contributed by atoms with Crippen LogP contribution in [-0.2, 0) is 0 Å². The number of hydrogen-bond acceptors (Lipinski definition) is 0. The summed E-state index contributed by atoms with van der Waals surface area (Å²) in [4.78, 5) is 0. The standard InChI is InChI=1S/C9H11Cl.H3N/c1-6-4-5-9(10)8(3)7(6)2;/h4-5H,1-3H3;1H3/p+1. The third kappa shape index (κ3) is 1.95. The molecule has 4 N–H and O–H groups in total. The predicted octanol–water partition coefficient (Wildman–Crippen LogP) is 3.64. The number of halogens is 1. The molecular formula is C9H15ClN+. The van der Waals surface area contributed by atoms with Crippen molar-refractivity contribution in [3.63, 3.8) is 0 Å². The highest BCUT2D eigenvalue weighted by Gasteiger charge is 1.99. The van der Waals surface area contributed by atoms with E-state index in [0.717, 1.165) is 5.02 Å². The fraction of sp³-hybridized carbons (Fsp3) is 0.333. The van der Waals surface area contributed by atoms with Crippen molar-refractivity contribution in [3.05, 3.63) is 33.8 Å². The summed E-state index contributed by atoms with van der Waals surface area (Å²) in [7, 11) is 0. The van der Waals surface area contributed by atoms with E-state index in [9.17, 15) is 0 Å². The molecule has 0 atom stereocenters. The molecule has 0 saturated heterocycles. The fourth-order valence-electron chi connectivity index (χ4n) is 0.923. The van der Waals surface area contributed by atoms with E-state index in [1.54, 1.807) is 0 Å². The topological polar surface area (TPSA) is 36.5 Å². The normalized spacial score (nSPS) is 9.09. The highest BCUT2D eigenvalue weighted by molar-refractivity contribution is 6.31. The fourth-order valence-corrected chi connectivity index (χ4v) is 1.13. The Bertz CT molecular complexity index is 229. The molecule has 1 aromatic rings. The molecule has 11 heavy (non-hydrogen) atoms. The molecule has 0 bridgehead atoms. The van der Waals surface area contributed by atoms with Gasteiger partial charge in [0.15, 0.2) is 0 Å². The predicted molar refractivity (Wildman–Crippen MR) is 51.6 cm³/mol. The molecule has 1 rings (SSSR count). The Hall–Kier alpha value is -0.530. The van der Waals surface area contributed by atoms with Crippen LogP contribution in [0.25, 0.3) is 0 Å². The zero-order valence-corrected chi connectivity index (χ0v) is 8.29. The van der Waals surface area contributed by atoms with Crippen LogP contribution in [0.3, 0.4) is 0 Å². The Morgan fingerprint density at radius 3 is 2.00 bits per heavy atom. The molecule has 0 aliphatic rings. The largest absolute Gasteiger partial charge is 0.369 e. The van der Waals surface area contributed by atoms with Crippen molar-refractivity contribution in [3.8, 4) is 0 Å². The van der Waals surface area contributed by atoms with Crippen LogP contribution in [-0.4, -0.2) is 0 Å². The first-order valence-corrected chi connectivity index (χ1v) is 3.73. The average molecular weight is 173 g/mol. The maximum Gasteiger partial charge on any atom is 0.0438 e. The van der Waals surface area contributed by atoms with Gasteiger partial charge < -0.3 is 6.15 Å². The lowest BCUT2D eigenvalue weighted by Crippen LogP contribution is -1.85. The molecular weight excluding hydrogens is 158 g/mol. The Balaban J connectivity index is 0.000001000. The summed E-state index contributed by atoms with van der Waals surface area (Å²) < 4.78 is 0. The van der Waals surface area contributed by atoms with Gasteiger partial charge in [0.05, 0.1) is 0 Å². The summed E-state index contributed by atoms with van der Waals surface area (Å²) in [5.41, 5.74) is 3.80. The van der Waals surface area contributed by atoms with Crippen molar-refractivity contribution in [2.45, 2.75) is 20.8 Å². The van der Waals surface area contributed by atoms with Crippen molar-refractivity contribution >= 4 is 11.6 Å². The molecule has 0 heterocycles. The van der Waals surface area contributed by atoms with E-state index in [4.69, 9.17) is 11.6 Å². The summed E-state index contributed by atoms with van der Waals surface area (Å²) in [6, 6.07) is 3.99. The van der Waals surface area contributed by atoms with E-state index in [1.807, 2.05) is 19.1 Å². The quantitative estimate of drug-likeness (QED) is 0.621. The molecule has 1 aromatic carbocycles. The summed E-state index contributed by atoms with van der Waals surface area (Å²) >= 11 is 5.89. The third-order valence-electron chi connectivity index (χ3n) is 1.99. The smallest absolute Gasteiger partial charge is 0.0438 e.